The van der Waals surface area contributed by atoms with Gasteiger partial charge in [-0.2, -0.15) is 0 Å². The molecule has 4 rings (SSSR count). The van der Waals surface area contributed by atoms with Gasteiger partial charge in [0.1, 0.15) is 5.78 Å². The Kier molecular flexibility index (Phi) is 13.7. The molecule has 0 saturated carbocycles. The average Bonchev–Trinajstić information content (AvgIpc) is 3.08. The van der Waals surface area contributed by atoms with Crippen LogP contribution >= 0.6 is 0 Å². The van der Waals surface area contributed by atoms with Crippen LogP contribution in [-0.2, 0) is 15.6 Å². The molecule has 0 aliphatic heterocycles. The molecule has 4 aromatic rings. The van der Waals surface area contributed by atoms with Gasteiger partial charge in [-0.3, -0.25) is 14.4 Å². The van der Waals surface area contributed by atoms with Crippen LogP contribution in [0, 0.1) is 0 Å². The highest BCUT2D eigenvalue weighted by molar-refractivity contribution is 6.04. The van der Waals surface area contributed by atoms with Crippen LogP contribution < -0.4 is 0 Å². The lowest BCUT2D eigenvalue weighted by molar-refractivity contribution is -0.119. The third-order valence-electron chi connectivity index (χ3n) is 9.16. The first-order valence-electron chi connectivity index (χ1n) is 16.2. The number of ketones is 3. The minimum absolute atomic E-state index is 0. The maximum absolute atomic E-state index is 13.6. The minimum Gasteiger partial charge on any atom is -0.300 e. The summed E-state index contributed by atoms with van der Waals surface area (Å²) in [5.41, 5.74) is 2.37. The highest BCUT2D eigenvalue weighted by atomic mass is 16.1. The third kappa shape index (κ3) is 9.44. The molecule has 0 saturated heterocycles. The van der Waals surface area contributed by atoms with E-state index in [0.717, 1.165) is 73.6 Å². The summed E-state index contributed by atoms with van der Waals surface area (Å²) in [4.78, 5) is 39.9. The van der Waals surface area contributed by atoms with Crippen molar-refractivity contribution in [3.8, 4) is 0 Å². The Morgan fingerprint density at radius 1 is 0.444 bits per heavy atom. The molecule has 45 heavy (non-hydrogen) atoms. The summed E-state index contributed by atoms with van der Waals surface area (Å²) >= 11 is 0. The van der Waals surface area contributed by atoms with E-state index in [4.69, 9.17) is 0 Å². The van der Waals surface area contributed by atoms with Crippen molar-refractivity contribution in [2.45, 2.75) is 96.3 Å². The van der Waals surface area contributed by atoms with Gasteiger partial charge in [-0.25, -0.2) is 0 Å². The van der Waals surface area contributed by atoms with Crippen molar-refractivity contribution in [3.05, 3.63) is 144 Å². The highest BCUT2D eigenvalue weighted by Crippen LogP contribution is 2.35. The molecule has 0 bridgehead atoms. The zero-order valence-electron chi connectivity index (χ0n) is 26.3. The normalized spacial score (nSPS) is 13.6. The van der Waals surface area contributed by atoms with E-state index >= 15 is 0 Å². The molecule has 0 radical (unpaired) electrons. The van der Waals surface area contributed by atoms with E-state index in [2.05, 4.69) is 13.8 Å². The summed E-state index contributed by atoms with van der Waals surface area (Å²) < 4.78 is 0. The number of rotatable bonds is 18. The Hall–Kier alpha value is -4.11. The fourth-order valence-electron chi connectivity index (χ4n) is 6.29. The quantitative estimate of drug-likeness (QED) is 0.0841. The van der Waals surface area contributed by atoms with E-state index in [1.165, 1.54) is 0 Å². The molecule has 0 aliphatic rings. The number of carbonyl (C=O) groups excluding carboxylic acids is 3. The minimum atomic E-state index is -0.594. The van der Waals surface area contributed by atoms with Gasteiger partial charge in [-0.1, -0.05) is 154 Å². The van der Waals surface area contributed by atoms with Crippen LogP contribution in [0.3, 0.4) is 0 Å². The fraction of sp³-hybridized carbons (Fsp3) is 0.357. The summed E-state index contributed by atoms with van der Waals surface area (Å²) in [7, 11) is 0. The summed E-state index contributed by atoms with van der Waals surface area (Å²) in [6, 6.07) is 39.2. The Morgan fingerprint density at radius 3 is 1.09 bits per heavy atom. The lowest BCUT2D eigenvalue weighted by atomic mass is 9.72. The molecule has 2 unspecified atom stereocenters. The van der Waals surface area contributed by atoms with E-state index in [-0.39, 0.29) is 19.0 Å². The van der Waals surface area contributed by atoms with Gasteiger partial charge in [0, 0.05) is 24.0 Å². The van der Waals surface area contributed by atoms with Crippen LogP contribution in [0.5, 0.6) is 0 Å². The van der Waals surface area contributed by atoms with Crippen LogP contribution in [0.25, 0.3) is 0 Å². The molecular weight excluding hydrogens is 552 g/mol. The molecule has 3 nitrogen and oxygen atoms in total. The van der Waals surface area contributed by atoms with E-state index in [1.54, 1.807) is 0 Å². The first-order valence-corrected chi connectivity index (χ1v) is 16.2. The first kappa shape index (κ1) is 35.4. The largest absolute Gasteiger partial charge is 0.300 e. The van der Waals surface area contributed by atoms with Crippen molar-refractivity contribution in [1.29, 1.82) is 0 Å². The second-order valence-corrected chi connectivity index (χ2v) is 12.4. The molecule has 236 valence electrons. The topological polar surface area (TPSA) is 51.2 Å². The number of carbonyl (C=O) groups is 3. The molecule has 0 aromatic heterocycles. The molecule has 0 aliphatic carbocycles. The zero-order chi connectivity index (χ0) is 31.3. The van der Waals surface area contributed by atoms with E-state index in [0.29, 0.717) is 18.6 Å². The van der Waals surface area contributed by atoms with E-state index in [1.807, 2.05) is 121 Å². The Bertz CT molecular complexity index is 1350. The summed E-state index contributed by atoms with van der Waals surface area (Å²) in [6.07, 6.45) is 8.01. The van der Waals surface area contributed by atoms with Crippen LogP contribution in [-0.4, -0.2) is 17.3 Å². The molecule has 3 heteroatoms. The van der Waals surface area contributed by atoms with Crippen LogP contribution in [0.4, 0.5) is 0 Å². The van der Waals surface area contributed by atoms with E-state index in [9.17, 15) is 14.4 Å². The molecular formula is C42H50O3. The van der Waals surface area contributed by atoms with Gasteiger partial charge in [0.05, 0.1) is 10.8 Å². The Balaban J connectivity index is 0.00000552. The predicted molar refractivity (Wildman–Crippen MR) is 187 cm³/mol. The highest BCUT2D eigenvalue weighted by Gasteiger charge is 2.36. The van der Waals surface area contributed by atoms with Crippen molar-refractivity contribution in [2.24, 2.45) is 0 Å². The zero-order valence-corrected chi connectivity index (χ0v) is 26.3. The monoisotopic (exact) mass is 602 g/mol. The number of hydrogen-bond donors (Lipinski definition) is 0. The van der Waals surface area contributed by atoms with Crippen LogP contribution in [0.2, 0.25) is 0 Å². The van der Waals surface area contributed by atoms with Gasteiger partial charge in [0.15, 0.2) is 11.6 Å². The SMILES string of the molecule is C.CC(CCCCCC(=O)CCCCCC(C)(C(=O)c1ccccc1)c1ccccc1)(C(=O)c1ccccc1)c1ccccc1. The molecule has 2 atom stereocenters. The lowest BCUT2D eigenvalue weighted by Gasteiger charge is -2.29. The van der Waals surface area contributed by atoms with Crippen molar-refractivity contribution in [1.82, 2.24) is 0 Å². The van der Waals surface area contributed by atoms with Gasteiger partial charge in [0.25, 0.3) is 0 Å². The second-order valence-electron chi connectivity index (χ2n) is 12.4. The van der Waals surface area contributed by atoms with Crippen molar-refractivity contribution < 1.29 is 14.4 Å². The molecule has 4 aromatic carbocycles. The molecule has 0 fully saturated rings. The van der Waals surface area contributed by atoms with Crippen molar-refractivity contribution >= 4 is 17.3 Å². The maximum Gasteiger partial charge on any atom is 0.173 e. The van der Waals surface area contributed by atoms with Gasteiger partial charge < -0.3 is 0 Å². The summed E-state index contributed by atoms with van der Waals surface area (Å²) in [6.45, 7) is 4.11. The van der Waals surface area contributed by atoms with Gasteiger partial charge in [-0.15, -0.1) is 0 Å². The van der Waals surface area contributed by atoms with Crippen LogP contribution in [0.15, 0.2) is 121 Å². The smallest absolute Gasteiger partial charge is 0.173 e. The average molecular weight is 603 g/mol. The van der Waals surface area contributed by atoms with Gasteiger partial charge >= 0.3 is 0 Å². The number of hydrogen-bond acceptors (Lipinski definition) is 3. The third-order valence-corrected chi connectivity index (χ3v) is 9.16. The maximum atomic E-state index is 13.6. The molecule has 0 amide bonds. The number of unbranched alkanes of at least 4 members (excludes halogenated alkanes) is 4. The first-order chi connectivity index (χ1) is 21.3. The summed E-state index contributed by atoms with van der Waals surface area (Å²) in [5, 5.41) is 0. The fourth-order valence-corrected chi connectivity index (χ4v) is 6.29. The lowest BCUT2D eigenvalue weighted by Crippen LogP contribution is -2.32. The Labute approximate surface area is 271 Å². The van der Waals surface area contributed by atoms with Gasteiger partial charge in [-0.05, 0) is 50.7 Å². The second kappa shape index (κ2) is 17.4. The predicted octanol–water partition coefficient (Wildman–Crippen LogP) is 10.8. The standard InChI is InChI=1S/C41H46O3.CH4/c1-40(35-25-13-5-14-26-35,38(43)33-21-9-3-10-22-33)31-19-7-17-29-37(42)30-18-8-20-32-41(2,36-27-15-6-16-28-36)39(44)34-23-11-4-12-24-34;/h3-6,9-16,21-28H,7-8,17-20,29-32H2,1-2H3;1H4. The number of benzene rings is 4. The molecule has 0 spiro atoms. The van der Waals surface area contributed by atoms with Crippen molar-refractivity contribution in [2.75, 3.05) is 0 Å². The molecule has 0 heterocycles. The Morgan fingerprint density at radius 2 is 0.756 bits per heavy atom. The van der Waals surface area contributed by atoms with Gasteiger partial charge in [0.2, 0.25) is 0 Å². The summed E-state index contributed by atoms with van der Waals surface area (Å²) in [5.74, 6) is 0.603. The number of Topliss-reactive ketones (excluding diaryl/α,β-unsaturated/α-hetero) is 3. The van der Waals surface area contributed by atoms with Crippen LogP contribution in [0.1, 0.15) is 117 Å². The van der Waals surface area contributed by atoms with Crippen molar-refractivity contribution in [3.63, 3.8) is 0 Å². The molecule has 0 N–H and O–H groups in total. The van der Waals surface area contributed by atoms with E-state index < -0.39 is 10.8 Å².